The number of halogens is 2. The van der Waals surface area contributed by atoms with Gasteiger partial charge in [-0.1, -0.05) is 17.7 Å². The summed E-state index contributed by atoms with van der Waals surface area (Å²) >= 11 is 5.88. The molecule has 2 N–H and O–H groups in total. The summed E-state index contributed by atoms with van der Waals surface area (Å²) in [5.74, 6) is -2.02. The first-order valence-electron chi connectivity index (χ1n) is 5.91. The van der Waals surface area contributed by atoms with E-state index in [4.69, 9.17) is 16.3 Å². The van der Waals surface area contributed by atoms with Crippen LogP contribution in [0.3, 0.4) is 0 Å². The van der Waals surface area contributed by atoms with Gasteiger partial charge in [0.1, 0.15) is 5.82 Å². The number of ketones is 1. The van der Waals surface area contributed by atoms with Crippen LogP contribution in [0.1, 0.15) is 15.9 Å². The van der Waals surface area contributed by atoms with Crippen molar-refractivity contribution in [3.63, 3.8) is 0 Å². The van der Waals surface area contributed by atoms with Gasteiger partial charge < -0.3 is 14.9 Å². The summed E-state index contributed by atoms with van der Waals surface area (Å²) in [6.45, 7) is 0. The number of phenols is 2. The molecule has 0 amide bonds. The topological polar surface area (TPSA) is 66.8 Å². The molecular weight excluding hydrogens is 299 g/mol. The van der Waals surface area contributed by atoms with Crippen LogP contribution in [-0.2, 0) is 0 Å². The Morgan fingerprint density at radius 2 is 1.95 bits per heavy atom. The van der Waals surface area contributed by atoms with Gasteiger partial charge in [0.25, 0.3) is 0 Å². The average molecular weight is 307 g/mol. The molecule has 1 heterocycles. The fourth-order valence-corrected chi connectivity index (χ4v) is 2.21. The molecule has 0 radical (unpaired) electrons. The van der Waals surface area contributed by atoms with Crippen molar-refractivity contribution in [2.24, 2.45) is 0 Å². The first-order valence-corrected chi connectivity index (χ1v) is 6.29. The lowest BCUT2D eigenvalue weighted by Gasteiger charge is -2.03. The van der Waals surface area contributed by atoms with Crippen LogP contribution in [0.2, 0.25) is 5.02 Å². The second-order valence-electron chi connectivity index (χ2n) is 4.42. The Balaban J connectivity index is 2.05. The summed E-state index contributed by atoms with van der Waals surface area (Å²) in [6, 6.07) is 6.27. The Labute approximate surface area is 123 Å². The molecule has 1 aliphatic rings. The van der Waals surface area contributed by atoms with Gasteiger partial charge in [0.15, 0.2) is 17.3 Å². The monoisotopic (exact) mass is 306 g/mol. The summed E-state index contributed by atoms with van der Waals surface area (Å²) in [5, 5.41) is 19.2. The van der Waals surface area contributed by atoms with Gasteiger partial charge in [0.2, 0.25) is 11.5 Å². The highest BCUT2D eigenvalue weighted by Crippen LogP contribution is 2.44. The summed E-state index contributed by atoms with van der Waals surface area (Å²) in [5.41, 5.74) is 0.535. The van der Waals surface area contributed by atoms with Crippen molar-refractivity contribution >= 4 is 23.5 Å². The van der Waals surface area contributed by atoms with Gasteiger partial charge in [-0.05, 0) is 35.9 Å². The van der Waals surface area contributed by atoms with E-state index in [0.717, 1.165) is 6.07 Å². The van der Waals surface area contributed by atoms with Gasteiger partial charge in [0, 0.05) is 0 Å². The fraction of sp³-hybridized carbons (Fsp3) is 0. The van der Waals surface area contributed by atoms with Gasteiger partial charge in [-0.15, -0.1) is 0 Å². The van der Waals surface area contributed by atoms with Crippen LogP contribution >= 0.6 is 11.6 Å². The maximum absolute atomic E-state index is 13.0. The maximum Gasteiger partial charge on any atom is 0.232 e. The Morgan fingerprint density at radius 1 is 1.19 bits per heavy atom. The van der Waals surface area contributed by atoms with Crippen LogP contribution in [0.15, 0.2) is 36.1 Å². The molecule has 0 bridgehead atoms. The molecule has 4 nitrogen and oxygen atoms in total. The summed E-state index contributed by atoms with van der Waals surface area (Å²) in [7, 11) is 0. The van der Waals surface area contributed by atoms with E-state index in [-0.39, 0.29) is 27.8 Å². The van der Waals surface area contributed by atoms with Crippen molar-refractivity contribution < 1.29 is 24.1 Å². The lowest BCUT2D eigenvalue weighted by Crippen LogP contribution is -1.98. The Hall–Kier alpha value is -2.53. The average Bonchev–Trinajstić information content (AvgIpc) is 2.75. The predicted octanol–water partition coefficient (Wildman–Crippen LogP) is 3.51. The minimum absolute atomic E-state index is 0.0700. The molecule has 0 atom stereocenters. The van der Waals surface area contributed by atoms with Crippen LogP contribution in [0.5, 0.6) is 17.2 Å². The zero-order valence-electron chi connectivity index (χ0n) is 10.4. The standard InChI is InChI=1S/C15H8ClFO4/c16-10-6-8(17)2-1-7(10)5-12-13(19)9-3-4-11(18)14(20)15(9)21-12/h1-6,18,20H. The quantitative estimate of drug-likeness (QED) is 0.625. The number of aromatic hydroxyl groups is 2. The largest absolute Gasteiger partial charge is 0.504 e. The second kappa shape index (κ2) is 4.79. The number of ether oxygens (including phenoxy) is 1. The highest BCUT2D eigenvalue weighted by Gasteiger charge is 2.31. The molecular formula is C15H8ClFO4. The molecule has 0 unspecified atom stereocenters. The molecule has 0 aromatic heterocycles. The van der Waals surface area contributed by atoms with Crippen LogP contribution in [0.25, 0.3) is 6.08 Å². The second-order valence-corrected chi connectivity index (χ2v) is 4.82. The van der Waals surface area contributed by atoms with Crippen molar-refractivity contribution in [3.8, 4) is 17.2 Å². The van der Waals surface area contributed by atoms with Gasteiger partial charge in [-0.2, -0.15) is 0 Å². The molecule has 3 rings (SSSR count). The SMILES string of the molecule is O=C1C(=Cc2ccc(F)cc2Cl)Oc2c1ccc(O)c2O. The Bertz CT molecular complexity index is 799. The number of phenolic OH excluding ortho intramolecular Hbond substituents is 2. The number of hydrogen-bond acceptors (Lipinski definition) is 4. The first kappa shape index (κ1) is 13.5. The smallest absolute Gasteiger partial charge is 0.232 e. The van der Waals surface area contributed by atoms with Gasteiger partial charge in [-0.3, -0.25) is 4.79 Å². The number of allylic oxidation sites excluding steroid dienone is 1. The first-order chi connectivity index (χ1) is 9.97. The molecule has 2 aromatic carbocycles. The molecule has 6 heteroatoms. The number of carbonyl (C=O) groups is 1. The van der Waals surface area contributed by atoms with Crippen molar-refractivity contribution in [3.05, 3.63) is 58.1 Å². The summed E-state index contributed by atoms with van der Waals surface area (Å²) in [4.78, 5) is 12.1. The van der Waals surface area contributed by atoms with E-state index in [1.54, 1.807) is 0 Å². The third-order valence-electron chi connectivity index (χ3n) is 3.04. The predicted molar refractivity (Wildman–Crippen MR) is 74.1 cm³/mol. The molecule has 0 aliphatic carbocycles. The molecule has 0 spiro atoms. The van der Waals surface area contributed by atoms with E-state index in [1.165, 1.54) is 30.3 Å². The molecule has 0 fully saturated rings. The minimum atomic E-state index is -0.505. The van der Waals surface area contributed by atoms with Crippen LogP contribution in [-0.4, -0.2) is 16.0 Å². The maximum atomic E-state index is 13.0. The van der Waals surface area contributed by atoms with E-state index in [2.05, 4.69) is 0 Å². The van der Waals surface area contributed by atoms with Gasteiger partial charge in [0.05, 0.1) is 10.6 Å². The normalized spacial score (nSPS) is 15.1. The zero-order chi connectivity index (χ0) is 15.1. The van der Waals surface area contributed by atoms with E-state index in [0.29, 0.717) is 5.56 Å². The third-order valence-corrected chi connectivity index (χ3v) is 3.37. The molecule has 1 aliphatic heterocycles. The van der Waals surface area contributed by atoms with Crippen LogP contribution in [0, 0.1) is 5.82 Å². The number of Topliss-reactive ketones (excluding diaryl/α,β-unsaturated/α-hetero) is 1. The van der Waals surface area contributed by atoms with Crippen molar-refractivity contribution in [2.75, 3.05) is 0 Å². The lowest BCUT2D eigenvalue weighted by atomic mass is 10.1. The van der Waals surface area contributed by atoms with Crippen LogP contribution in [0.4, 0.5) is 4.39 Å². The third kappa shape index (κ3) is 2.21. The van der Waals surface area contributed by atoms with E-state index < -0.39 is 17.3 Å². The molecule has 106 valence electrons. The number of benzene rings is 2. The highest BCUT2D eigenvalue weighted by molar-refractivity contribution is 6.32. The number of hydrogen-bond donors (Lipinski definition) is 2. The Kier molecular flexibility index (Phi) is 3.07. The molecule has 0 saturated carbocycles. The van der Waals surface area contributed by atoms with E-state index in [9.17, 15) is 19.4 Å². The van der Waals surface area contributed by atoms with Crippen LogP contribution < -0.4 is 4.74 Å². The number of carbonyl (C=O) groups excluding carboxylic acids is 1. The zero-order valence-corrected chi connectivity index (χ0v) is 11.2. The van der Waals surface area contributed by atoms with E-state index in [1.807, 2.05) is 0 Å². The Morgan fingerprint density at radius 3 is 2.67 bits per heavy atom. The van der Waals surface area contributed by atoms with Gasteiger partial charge in [-0.25, -0.2) is 4.39 Å². The summed E-state index contributed by atoms with van der Waals surface area (Å²) in [6.07, 6.45) is 1.35. The fourth-order valence-electron chi connectivity index (χ4n) is 1.99. The number of rotatable bonds is 1. The van der Waals surface area contributed by atoms with Crippen molar-refractivity contribution in [1.29, 1.82) is 0 Å². The van der Waals surface area contributed by atoms with Crippen molar-refractivity contribution in [1.82, 2.24) is 0 Å². The number of fused-ring (bicyclic) bond motifs is 1. The molecule has 21 heavy (non-hydrogen) atoms. The summed E-state index contributed by atoms with van der Waals surface area (Å²) < 4.78 is 18.3. The molecule has 0 saturated heterocycles. The van der Waals surface area contributed by atoms with Gasteiger partial charge >= 0.3 is 0 Å². The molecule has 2 aromatic rings. The minimum Gasteiger partial charge on any atom is -0.504 e. The van der Waals surface area contributed by atoms with E-state index >= 15 is 0 Å². The van der Waals surface area contributed by atoms with Crippen molar-refractivity contribution in [2.45, 2.75) is 0 Å². The lowest BCUT2D eigenvalue weighted by molar-refractivity contribution is 0.101. The highest BCUT2D eigenvalue weighted by atomic mass is 35.5.